The van der Waals surface area contributed by atoms with E-state index in [0.717, 1.165) is 31.5 Å². The number of hydrogen-bond donors (Lipinski definition) is 0. The normalized spacial score (nSPS) is 27.6. The van der Waals surface area contributed by atoms with Crippen molar-refractivity contribution < 1.29 is 4.39 Å². The smallest absolute Gasteiger partial charge is 0.153 e. The zero-order chi connectivity index (χ0) is 13.8. The van der Waals surface area contributed by atoms with Crippen molar-refractivity contribution in [3.63, 3.8) is 0 Å². The molecule has 3 nitrogen and oxygen atoms in total. The number of hydrogen-bond acceptors (Lipinski definition) is 2. The lowest BCUT2D eigenvalue weighted by Gasteiger charge is -2.25. The van der Waals surface area contributed by atoms with E-state index in [1.807, 2.05) is 25.5 Å². The van der Waals surface area contributed by atoms with Crippen LogP contribution in [0.5, 0.6) is 0 Å². The molecule has 2 rings (SSSR count). The molecule has 0 N–H and O–H groups in total. The molecule has 0 fully saturated rings. The van der Waals surface area contributed by atoms with Crippen molar-refractivity contribution in [3.8, 4) is 0 Å². The molecule has 0 radical (unpaired) electrons. The zero-order valence-corrected chi connectivity index (χ0v) is 12.3. The molecule has 1 aliphatic rings. The van der Waals surface area contributed by atoms with E-state index in [1.165, 1.54) is 0 Å². The van der Waals surface area contributed by atoms with Crippen LogP contribution in [-0.4, -0.2) is 15.0 Å². The Hall–Kier alpha value is -0.930. The minimum atomic E-state index is -1.31. The molecule has 1 aromatic heterocycles. The first-order valence-corrected chi connectivity index (χ1v) is 7.16. The largest absolute Gasteiger partial charge is 0.249 e. The van der Waals surface area contributed by atoms with E-state index in [4.69, 9.17) is 0 Å². The van der Waals surface area contributed by atoms with Crippen LogP contribution in [0.3, 0.4) is 0 Å². The average molecular weight is 255 g/mol. The number of fused-ring (bicyclic) bond motifs is 1. The van der Waals surface area contributed by atoms with Gasteiger partial charge in [-0.15, -0.1) is 5.10 Å². The molecular formula is C14H26FN3. The molecule has 1 aromatic rings. The predicted molar refractivity (Wildman–Crippen MR) is 72.2 cm³/mol. The van der Waals surface area contributed by atoms with Crippen molar-refractivity contribution in [2.45, 2.75) is 72.5 Å². The Morgan fingerprint density at radius 2 is 2.06 bits per heavy atom. The van der Waals surface area contributed by atoms with E-state index < -0.39 is 5.67 Å². The highest BCUT2D eigenvalue weighted by Gasteiger charge is 2.34. The number of aromatic nitrogens is 3. The highest BCUT2D eigenvalue weighted by Crippen LogP contribution is 2.36. The van der Waals surface area contributed by atoms with Gasteiger partial charge in [0.15, 0.2) is 5.67 Å². The van der Waals surface area contributed by atoms with Crippen molar-refractivity contribution in [2.24, 2.45) is 5.92 Å². The van der Waals surface area contributed by atoms with Gasteiger partial charge in [0.05, 0.1) is 5.69 Å². The maximum Gasteiger partial charge on any atom is 0.153 e. The van der Waals surface area contributed by atoms with Gasteiger partial charge in [-0.3, -0.25) is 0 Å². The maximum absolute atomic E-state index is 14.5. The summed E-state index contributed by atoms with van der Waals surface area (Å²) in [6, 6.07) is 0. The molecule has 18 heavy (non-hydrogen) atoms. The molecule has 0 saturated heterocycles. The first-order chi connectivity index (χ1) is 8.54. The highest BCUT2D eigenvalue weighted by atomic mass is 19.1. The van der Waals surface area contributed by atoms with Crippen LogP contribution in [0.4, 0.5) is 4.39 Å². The van der Waals surface area contributed by atoms with Gasteiger partial charge in [-0.05, 0) is 45.4 Å². The van der Waals surface area contributed by atoms with Crippen LogP contribution in [0.25, 0.3) is 0 Å². The summed E-state index contributed by atoms with van der Waals surface area (Å²) in [5, 5.41) is 8.09. The molecule has 4 heteroatoms. The van der Waals surface area contributed by atoms with Crippen LogP contribution >= 0.6 is 0 Å². The summed E-state index contributed by atoms with van der Waals surface area (Å²) in [5.74, 6) is 0.587. The van der Waals surface area contributed by atoms with E-state index in [-0.39, 0.29) is 0 Å². The molecule has 1 heterocycles. The van der Waals surface area contributed by atoms with Gasteiger partial charge < -0.3 is 0 Å². The predicted octanol–water partition coefficient (Wildman–Crippen LogP) is 3.87. The van der Waals surface area contributed by atoms with E-state index in [1.54, 1.807) is 6.92 Å². The third kappa shape index (κ3) is 3.09. The molecule has 2 unspecified atom stereocenters. The SMILES string of the molecule is CC.CCn1nnc2c1CCC(C)CCC2(C)F. The summed E-state index contributed by atoms with van der Waals surface area (Å²) in [7, 11) is 0. The average Bonchev–Trinajstić information content (AvgIpc) is 2.78. The quantitative estimate of drug-likeness (QED) is 0.762. The Kier molecular flexibility index (Phi) is 5.29. The second-order valence-electron chi connectivity index (χ2n) is 5.08. The molecule has 0 amide bonds. The van der Waals surface area contributed by atoms with Crippen molar-refractivity contribution in [1.82, 2.24) is 15.0 Å². The summed E-state index contributed by atoms with van der Waals surface area (Å²) >= 11 is 0. The van der Waals surface area contributed by atoms with Crippen molar-refractivity contribution >= 4 is 0 Å². The summed E-state index contributed by atoms with van der Waals surface area (Å²) in [5.41, 5.74) is 0.262. The van der Waals surface area contributed by atoms with E-state index in [0.29, 0.717) is 18.0 Å². The molecule has 0 bridgehead atoms. The molecule has 104 valence electrons. The van der Waals surface area contributed by atoms with Gasteiger partial charge in [0.1, 0.15) is 5.69 Å². The summed E-state index contributed by atoms with van der Waals surface area (Å²) < 4.78 is 16.4. The van der Waals surface area contributed by atoms with Crippen molar-refractivity contribution in [1.29, 1.82) is 0 Å². The van der Waals surface area contributed by atoms with Crippen LogP contribution in [0, 0.1) is 5.92 Å². The van der Waals surface area contributed by atoms with E-state index in [9.17, 15) is 4.39 Å². The van der Waals surface area contributed by atoms with Crippen LogP contribution in [0.15, 0.2) is 0 Å². The van der Waals surface area contributed by atoms with Crippen LogP contribution in [-0.2, 0) is 18.6 Å². The number of rotatable bonds is 1. The van der Waals surface area contributed by atoms with Crippen molar-refractivity contribution in [3.05, 3.63) is 11.4 Å². The summed E-state index contributed by atoms with van der Waals surface area (Å²) in [6.45, 7) is 10.6. The minimum absolute atomic E-state index is 0.559. The molecule has 0 spiro atoms. The highest BCUT2D eigenvalue weighted by molar-refractivity contribution is 5.19. The van der Waals surface area contributed by atoms with Crippen LogP contribution in [0.2, 0.25) is 0 Å². The Labute approximate surface area is 110 Å². The van der Waals surface area contributed by atoms with Crippen LogP contribution < -0.4 is 0 Å². The Morgan fingerprint density at radius 3 is 2.67 bits per heavy atom. The number of alkyl halides is 1. The third-order valence-corrected chi connectivity index (χ3v) is 3.61. The van der Waals surface area contributed by atoms with Crippen molar-refractivity contribution in [2.75, 3.05) is 0 Å². The molecule has 2 atom stereocenters. The Balaban J connectivity index is 0.000000771. The third-order valence-electron chi connectivity index (χ3n) is 3.61. The fourth-order valence-electron chi connectivity index (χ4n) is 2.40. The van der Waals surface area contributed by atoms with E-state index >= 15 is 0 Å². The first kappa shape index (κ1) is 15.1. The van der Waals surface area contributed by atoms with E-state index in [2.05, 4.69) is 17.2 Å². The Morgan fingerprint density at radius 1 is 1.39 bits per heavy atom. The van der Waals surface area contributed by atoms with Gasteiger partial charge >= 0.3 is 0 Å². The Bertz CT molecular complexity index is 371. The number of halogens is 1. The van der Waals surface area contributed by atoms with Crippen LogP contribution in [0.1, 0.15) is 65.3 Å². The molecule has 0 saturated carbocycles. The molecule has 1 aliphatic carbocycles. The summed E-state index contributed by atoms with van der Waals surface area (Å²) in [4.78, 5) is 0. The van der Waals surface area contributed by atoms with Gasteiger partial charge in [-0.1, -0.05) is 26.0 Å². The minimum Gasteiger partial charge on any atom is -0.249 e. The monoisotopic (exact) mass is 255 g/mol. The van der Waals surface area contributed by atoms with Gasteiger partial charge in [-0.25, -0.2) is 9.07 Å². The molecule has 0 aromatic carbocycles. The number of nitrogens with zero attached hydrogens (tertiary/aromatic N) is 3. The molecular weight excluding hydrogens is 229 g/mol. The maximum atomic E-state index is 14.5. The standard InChI is InChI=1S/C12H20FN3.C2H6/c1-4-16-10-6-5-9(2)7-8-12(3,13)11(10)14-15-16;1-2/h9H,4-8H2,1-3H3;1-2H3. The summed E-state index contributed by atoms with van der Waals surface area (Å²) in [6.07, 6.45) is 3.50. The second-order valence-corrected chi connectivity index (χ2v) is 5.08. The fourth-order valence-corrected chi connectivity index (χ4v) is 2.40. The lowest BCUT2D eigenvalue weighted by atomic mass is 9.86. The van der Waals surface area contributed by atoms with Gasteiger partial charge in [0.25, 0.3) is 0 Å². The molecule has 0 aliphatic heterocycles. The topological polar surface area (TPSA) is 30.7 Å². The first-order valence-electron chi connectivity index (χ1n) is 7.16. The zero-order valence-electron chi connectivity index (χ0n) is 12.3. The van der Waals surface area contributed by atoms with Gasteiger partial charge in [0, 0.05) is 6.54 Å². The van der Waals surface area contributed by atoms with Gasteiger partial charge in [-0.2, -0.15) is 0 Å². The van der Waals surface area contributed by atoms with Gasteiger partial charge in [0.2, 0.25) is 0 Å². The lowest BCUT2D eigenvalue weighted by molar-refractivity contribution is 0.150. The number of aryl methyl sites for hydroxylation is 1. The lowest BCUT2D eigenvalue weighted by Crippen LogP contribution is -2.22. The fraction of sp³-hybridized carbons (Fsp3) is 0.857. The second kappa shape index (κ2) is 6.30.